The number of carbonyl (C=O) groups is 4. The number of aliphatic carboxylic acids is 2. The molecule has 4 atom stereocenters. The topological polar surface area (TPSA) is 124 Å². The van der Waals surface area contributed by atoms with Crippen LogP contribution in [0.3, 0.4) is 0 Å². The van der Waals surface area contributed by atoms with Gasteiger partial charge in [-0.05, 0) is 19.4 Å². The number of carboxylic acids is 2. The third-order valence-electron chi connectivity index (χ3n) is 4.61. The van der Waals surface area contributed by atoms with Crippen molar-refractivity contribution in [2.24, 2.45) is 0 Å². The Morgan fingerprint density at radius 3 is 2.33 bits per heavy atom. The van der Waals surface area contributed by atoms with Crippen LogP contribution in [0.4, 0.5) is 0 Å². The fraction of sp³-hybridized carbons (Fsp3) is 0.412. The summed E-state index contributed by atoms with van der Waals surface area (Å²) in [6, 6.07) is 6.10. The zero-order chi connectivity index (χ0) is 19.2. The summed E-state index contributed by atoms with van der Waals surface area (Å²) in [7, 11) is 0. The molecule has 1 aromatic rings. The number of nitrogens with zero attached hydrogens (tertiary/aromatic N) is 1. The number of β-lactam (4-membered cyclic amide) rings is 1. The largest absolute Gasteiger partial charge is 1.00 e. The van der Waals surface area contributed by atoms with E-state index in [2.05, 4.69) is 5.32 Å². The zero-order valence-corrected chi connectivity index (χ0v) is 17.9. The van der Waals surface area contributed by atoms with Crippen LogP contribution in [0, 0.1) is 0 Å². The molecule has 2 aliphatic rings. The first-order chi connectivity index (χ1) is 12.1. The van der Waals surface area contributed by atoms with Gasteiger partial charge in [0, 0.05) is 4.75 Å². The van der Waals surface area contributed by atoms with Crippen molar-refractivity contribution in [2.45, 2.75) is 42.0 Å². The monoisotopic (exact) mass is 402 g/mol. The smallest absolute Gasteiger partial charge is 1.00 e. The van der Waals surface area contributed by atoms with E-state index in [0.29, 0.717) is 5.56 Å². The van der Waals surface area contributed by atoms with E-state index in [1.54, 1.807) is 32.0 Å². The summed E-state index contributed by atoms with van der Waals surface area (Å²) in [5.41, 5.74) is 0.309. The van der Waals surface area contributed by atoms with Crippen LogP contribution in [0.5, 0.6) is 0 Å². The predicted octanol–water partition coefficient (Wildman–Crippen LogP) is -2.40. The third-order valence-corrected chi connectivity index (χ3v) is 6.19. The number of rotatable bonds is 5. The first kappa shape index (κ1) is 21.7. The van der Waals surface area contributed by atoms with Crippen molar-refractivity contribution >= 4 is 35.5 Å². The third kappa shape index (κ3) is 3.73. The molecule has 0 saturated carbocycles. The van der Waals surface area contributed by atoms with Crippen LogP contribution < -0.4 is 34.9 Å². The fourth-order valence-corrected chi connectivity index (χ4v) is 5.06. The van der Waals surface area contributed by atoms with E-state index >= 15 is 0 Å². The van der Waals surface area contributed by atoms with Gasteiger partial charge < -0.3 is 21.9 Å². The van der Waals surface area contributed by atoms with Gasteiger partial charge in [0.15, 0.2) is 5.92 Å². The number of carbonyl (C=O) groups excluding carboxylic acids is 2. The van der Waals surface area contributed by atoms with E-state index < -0.39 is 51.9 Å². The van der Waals surface area contributed by atoms with Crippen molar-refractivity contribution in [3.8, 4) is 0 Å². The van der Waals surface area contributed by atoms with Gasteiger partial charge in [0.1, 0.15) is 17.5 Å². The molecule has 8 nitrogen and oxygen atoms in total. The second-order valence-corrected chi connectivity index (χ2v) is 8.54. The van der Waals surface area contributed by atoms with Crippen LogP contribution >= 0.6 is 11.8 Å². The summed E-state index contributed by atoms with van der Waals surface area (Å²) in [4.78, 5) is 49.2. The molecule has 2 fully saturated rings. The number of fused-ring (bicyclic) bond motifs is 1. The van der Waals surface area contributed by atoms with Crippen LogP contribution in [0.1, 0.15) is 26.8 Å². The Morgan fingerprint density at radius 2 is 1.81 bits per heavy atom. The molecule has 0 aliphatic carbocycles. The fourth-order valence-electron chi connectivity index (χ4n) is 3.43. The van der Waals surface area contributed by atoms with Crippen LogP contribution in [-0.2, 0) is 19.2 Å². The van der Waals surface area contributed by atoms with Crippen molar-refractivity contribution in [1.29, 1.82) is 0 Å². The molecular weight excluding hydrogens is 383 g/mol. The van der Waals surface area contributed by atoms with Crippen LogP contribution in [0.2, 0.25) is 0 Å². The van der Waals surface area contributed by atoms with Crippen molar-refractivity contribution in [3.05, 3.63) is 35.9 Å². The minimum Gasteiger partial charge on any atom is -1.00 e. The number of hydrogen-bond donors (Lipinski definition) is 3. The van der Waals surface area contributed by atoms with Crippen LogP contribution in [-0.4, -0.2) is 61.1 Å². The summed E-state index contributed by atoms with van der Waals surface area (Å²) >= 11 is 1.29. The Hall–Kier alpha value is -1.55. The maximum Gasteiger partial charge on any atom is 1.00 e. The first-order valence-electron chi connectivity index (χ1n) is 7.96. The van der Waals surface area contributed by atoms with E-state index in [-0.39, 0.29) is 31.0 Å². The normalized spacial score (nSPS) is 26.2. The molecule has 3 N–H and O–H groups in total. The molecule has 2 aliphatic heterocycles. The molecule has 27 heavy (non-hydrogen) atoms. The number of thioether (sulfide) groups is 1. The minimum atomic E-state index is -1.44. The summed E-state index contributed by atoms with van der Waals surface area (Å²) in [6.07, 6.45) is 0. The predicted molar refractivity (Wildman–Crippen MR) is 93.6 cm³/mol. The van der Waals surface area contributed by atoms with Gasteiger partial charge in [0.2, 0.25) is 11.8 Å². The number of nitrogens with one attached hydrogen (secondary N) is 1. The first-order valence-corrected chi connectivity index (χ1v) is 8.84. The maximum absolute atomic E-state index is 12.5. The summed E-state index contributed by atoms with van der Waals surface area (Å²) in [5, 5.41) is 20.8. The Labute approximate surface area is 183 Å². The number of carboxylic acid groups (broad SMARTS) is 2. The van der Waals surface area contributed by atoms with Gasteiger partial charge in [0.05, 0.1) is 0 Å². The van der Waals surface area contributed by atoms with Gasteiger partial charge in [0.25, 0.3) is 0 Å². The average Bonchev–Trinajstić information content (AvgIpc) is 2.82. The van der Waals surface area contributed by atoms with Crippen molar-refractivity contribution in [1.82, 2.24) is 10.2 Å². The SMILES string of the molecule is CC1(C)S[C@@H]2C(NC(=O)C(C(=O)O)c3ccccc3)C(=O)N2[C@H]1C(=O)O.[H-].[Na+]. The molecule has 0 spiro atoms. The second kappa shape index (κ2) is 7.83. The van der Waals surface area contributed by atoms with Gasteiger partial charge in [-0.15, -0.1) is 11.8 Å². The van der Waals surface area contributed by atoms with E-state index in [1.165, 1.54) is 28.8 Å². The molecular formula is C17H19N2NaO6S. The van der Waals surface area contributed by atoms with E-state index in [4.69, 9.17) is 0 Å². The van der Waals surface area contributed by atoms with E-state index in [1.807, 2.05) is 0 Å². The maximum atomic E-state index is 12.5. The van der Waals surface area contributed by atoms with Crippen LogP contribution in [0.25, 0.3) is 0 Å². The van der Waals surface area contributed by atoms with Crippen LogP contribution in [0.15, 0.2) is 30.3 Å². The minimum absolute atomic E-state index is 0. The Bertz CT molecular complexity index is 793. The molecule has 1 aromatic carbocycles. The number of hydrogen-bond acceptors (Lipinski definition) is 5. The average molecular weight is 402 g/mol. The Morgan fingerprint density at radius 1 is 1.22 bits per heavy atom. The molecule has 3 rings (SSSR count). The standard InChI is InChI=1S/C17H18N2O6S.Na.H/c1-17(2)11(16(24)25)19-13(21)10(14(19)26-17)18-12(20)9(15(22)23)8-6-4-3-5-7-8;;/h3-7,9-11,14H,1-2H3,(H,18,20)(H,22,23)(H,24,25);;/q;+1;-1/t9?,10?,11-,14+;;/m0../s1. The van der Waals surface area contributed by atoms with Crippen molar-refractivity contribution in [2.75, 3.05) is 0 Å². The number of benzene rings is 1. The molecule has 2 heterocycles. The van der Waals surface area contributed by atoms with Crippen molar-refractivity contribution < 1.29 is 60.4 Å². The quantitative estimate of drug-likeness (QED) is 0.285. The second-order valence-electron chi connectivity index (χ2n) is 6.77. The molecule has 2 saturated heterocycles. The van der Waals surface area contributed by atoms with Gasteiger partial charge in [-0.2, -0.15) is 0 Å². The summed E-state index contributed by atoms with van der Waals surface area (Å²) in [5.74, 6) is -5.16. The zero-order valence-electron chi connectivity index (χ0n) is 16.1. The molecule has 10 heteroatoms. The van der Waals surface area contributed by atoms with Gasteiger partial charge in [-0.25, -0.2) is 4.79 Å². The molecule has 2 amide bonds. The van der Waals surface area contributed by atoms with Gasteiger partial charge >= 0.3 is 41.5 Å². The summed E-state index contributed by atoms with van der Waals surface area (Å²) in [6.45, 7) is 3.45. The molecule has 0 aromatic heterocycles. The molecule has 0 bridgehead atoms. The Balaban J connectivity index is 0.00000196. The van der Waals surface area contributed by atoms with E-state index in [0.717, 1.165) is 0 Å². The molecule has 2 unspecified atom stereocenters. The summed E-state index contributed by atoms with van der Waals surface area (Å²) < 4.78 is -0.711. The molecule has 140 valence electrons. The Kier molecular flexibility index (Phi) is 6.30. The van der Waals surface area contributed by atoms with E-state index in [9.17, 15) is 29.4 Å². The number of amides is 2. The van der Waals surface area contributed by atoms with Crippen molar-refractivity contribution in [3.63, 3.8) is 0 Å². The van der Waals surface area contributed by atoms with Gasteiger partial charge in [-0.1, -0.05) is 30.3 Å². The molecule has 0 radical (unpaired) electrons. The van der Waals surface area contributed by atoms with Gasteiger partial charge in [-0.3, -0.25) is 14.4 Å².